The fourth-order valence-corrected chi connectivity index (χ4v) is 2.94. The van der Waals surface area contributed by atoms with Gasteiger partial charge in [-0.25, -0.2) is 0 Å². The number of hydrogen-bond donors (Lipinski definition) is 1. The predicted octanol–water partition coefficient (Wildman–Crippen LogP) is 1.17. The smallest absolute Gasteiger partial charge is 0.273 e. The number of nitrogens with zero attached hydrogens (tertiary/aromatic N) is 6. The van der Waals surface area contributed by atoms with Crippen molar-refractivity contribution in [1.29, 1.82) is 0 Å². The van der Waals surface area contributed by atoms with Gasteiger partial charge in [0.1, 0.15) is 6.33 Å². The summed E-state index contributed by atoms with van der Waals surface area (Å²) < 4.78 is 3.53. The molecule has 0 aliphatic heterocycles. The maximum atomic E-state index is 12.1. The topological polar surface area (TPSA) is 90.5 Å². The molecule has 0 radical (unpaired) electrons. The first-order chi connectivity index (χ1) is 12.2. The molecule has 130 valence electrons. The zero-order chi connectivity index (χ0) is 17.5. The van der Waals surface area contributed by atoms with E-state index in [1.54, 1.807) is 17.2 Å². The fourth-order valence-electron chi connectivity index (χ4n) is 2.20. The molecule has 1 amide bonds. The van der Waals surface area contributed by atoms with Crippen LogP contribution in [0.3, 0.4) is 0 Å². The zero-order valence-corrected chi connectivity index (χ0v) is 14.7. The summed E-state index contributed by atoms with van der Waals surface area (Å²) in [5.41, 5.74) is 1.56. The lowest BCUT2D eigenvalue weighted by molar-refractivity contribution is 0.0951. The van der Waals surface area contributed by atoms with Crippen molar-refractivity contribution in [3.63, 3.8) is 0 Å². The van der Waals surface area contributed by atoms with Gasteiger partial charge >= 0.3 is 0 Å². The largest absolute Gasteiger partial charge is 0.350 e. The summed E-state index contributed by atoms with van der Waals surface area (Å²) in [6.07, 6.45) is 4.17. The summed E-state index contributed by atoms with van der Waals surface area (Å²) in [5, 5.41) is 19.4. The van der Waals surface area contributed by atoms with E-state index in [9.17, 15) is 4.79 Å². The van der Waals surface area contributed by atoms with E-state index in [0.717, 1.165) is 11.6 Å². The second-order valence-corrected chi connectivity index (χ2v) is 6.49. The van der Waals surface area contributed by atoms with Gasteiger partial charge in [-0.05, 0) is 12.0 Å². The zero-order valence-electron chi connectivity index (χ0n) is 13.9. The summed E-state index contributed by atoms with van der Waals surface area (Å²) in [7, 11) is 1.88. The van der Waals surface area contributed by atoms with Gasteiger partial charge < -0.3 is 9.88 Å². The standard InChI is InChI=1S/C16H19N7OS/c1-22-12-18-20-16(22)25-10-8-17-15(24)14-11-23(21-19-14)9-7-13-5-3-2-4-6-13/h2-6,11-12H,7-10H2,1H3,(H,17,24). The molecule has 0 saturated heterocycles. The number of nitrogens with one attached hydrogen (secondary N) is 1. The van der Waals surface area contributed by atoms with Crippen LogP contribution in [-0.2, 0) is 20.0 Å². The Kier molecular flexibility index (Phi) is 5.78. The SMILES string of the molecule is Cn1cnnc1SCCNC(=O)c1cn(CCc2ccccc2)nn1. The Morgan fingerprint density at radius 3 is 2.84 bits per heavy atom. The van der Waals surface area contributed by atoms with Crippen LogP contribution in [0.5, 0.6) is 0 Å². The van der Waals surface area contributed by atoms with Crippen molar-refractivity contribution in [1.82, 2.24) is 35.1 Å². The third-order valence-corrected chi connectivity index (χ3v) is 4.57. The Hall–Kier alpha value is -2.68. The van der Waals surface area contributed by atoms with Crippen molar-refractivity contribution in [2.45, 2.75) is 18.1 Å². The predicted molar refractivity (Wildman–Crippen MR) is 94.2 cm³/mol. The average Bonchev–Trinajstić information content (AvgIpc) is 3.27. The van der Waals surface area contributed by atoms with Crippen LogP contribution < -0.4 is 5.32 Å². The van der Waals surface area contributed by atoms with E-state index in [-0.39, 0.29) is 5.91 Å². The van der Waals surface area contributed by atoms with E-state index in [1.807, 2.05) is 29.8 Å². The number of amides is 1. The molecular formula is C16H19N7OS. The monoisotopic (exact) mass is 357 g/mol. The molecule has 0 fully saturated rings. The summed E-state index contributed by atoms with van der Waals surface area (Å²) in [4.78, 5) is 12.1. The molecule has 0 saturated carbocycles. The van der Waals surface area contributed by atoms with Gasteiger partial charge in [0, 0.05) is 25.9 Å². The Morgan fingerprint density at radius 2 is 2.08 bits per heavy atom. The minimum absolute atomic E-state index is 0.218. The molecule has 1 N–H and O–H groups in total. The lowest BCUT2D eigenvalue weighted by Gasteiger charge is -2.02. The van der Waals surface area contributed by atoms with E-state index in [4.69, 9.17) is 0 Å². The van der Waals surface area contributed by atoms with Crippen LogP contribution in [0.4, 0.5) is 0 Å². The lowest BCUT2D eigenvalue weighted by Crippen LogP contribution is -2.26. The lowest BCUT2D eigenvalue weighted by atomic mass is 10.1. The van der Waals surface area contributed by atoms with Gasteiger partial charge in [-0.15, -0.1) is 15.3 Å². The molecule has 0 aliphatic carbocycles. The van der Waals surface area contributed by atoms with E-state index >= 15 is 0 Å². The minimum Gasteiger partial charge on any atom is -0.350 e. The van der Waals surface area contributed by atoms with Crippen molar-refractivity contribution in [3.8, 4) is 0 Å². The molecule has 0 atom stereocenters. The van der Waals surface area contributed by atoms with Gasteiger partial charge in [0.15, 0.2) is 10.9 Å². The van der Waals surface area contributed by atoms with Crippen LogP contribution in [-0.4, -0.2) is 48.0 Å². The van der Waals surface area contributed by atoms with Crippen LogP contribution in [0.1, 0.15) is 16.1 Å². The van der Waals surface area contributed by atoms with Crippen LogP contribution in [0.2, 0.25) is 0 Å². The number of thioether (sulfide) groups is 1. The van der Waals surface area contributed by atoms with Gasteiger partial charge in [0.05, 0.1) is 6.20 Å². The number of hydrogen-bond acceptors (Lipinski definition) is 6. The molecule has 3 aromatic rings. The van der Waals surface area contributed by atoms with Gasteiger partial charge in [-0.2, -0.15) is 0 Å². The summed E-state index contributed by atoms with van der Waals surface area (Å²) in [6, 6.07) is 10.1. The van der Waals surface area contributed by atoms with Crippen molar-refractivity contribution in [3.05, 3.63) is 54.1 Å². The molecule has 0 spiro atoms. The summed E-state index contributed by atoms with van der Waals surface area (Å²) in [5.74, 6) is 0.491. The third-order valence-electron chi connectivity index (χ3n) is 3.53. The van der Waals surface area contributed by atoms with E-state index in [1.165, 1.54) is 17.3 Å². The molecule has 1 aromatic carbocycles. The van der Waals surface area contributed by atoms with Crippen LogP contribution in [0.15, 0.2) is 48.0 Å². The number of carbonyl (C=O) groups excluding carboxylic acids is 1. The highest BCUT2D eigenvalue weighted by Crippen LogP contribution is 2.11. The van der Waals surface area contributed by atoms with E-state index in [2.05, 4.69) is 38.0 Å². The molecule has 25 heavy (non-hydrogen) atoms. The quantitative estimate of drug-likeness (QED) is 0.481. The number of carbonyl (C=O) groups is 1. The van der Waals surface area contributed by atoms with Crippen molar-refractivity contribution in [2.24, 2.45) is 7.05 Å². The Labute approximate surface area is 149 Å². The Balaban J connectivity index is 1.42. The number of rotatable bonds is 8. The second kappa shape index (κ2) is 8.43. The minimum atomic E-state index is -0.218. The fraction of sp³-hybridized carbons (Fsp3) is 0.312. The Morgan fingerprint density at radius 1 is 1.24 bits per heavy atom. The highest BCUT2D eigenvalue weighted by atomic mass is 32.2. The third kappa shape index (κ3) is 4.90. The summed E-state index contributed by atoms with van der Waals surface area (Å²) >= 11 is 1.54. The summed E-state index contributed by atoms with van der Waals surface area (Å²) in [6.45, 7) is 1.21. The molecule has 2 aromatic heterocycles. The van der Waals surface area contributed by atoms with Gasteiger partial charge in [0.2, 0.25) is 0 Å². The van der Waals surface area contributed by atoms with Crippen molar-refractivity contribution in [2.75, 3.05) is 12.3 Å². The maximum absolute atomic E-state index is 12.1. The first-order valence-electron chi connectivity index (χ1n) is 7.91. The van der Waals surface area contributed by atoms with Crippen molar-refractivity contribution >= 4 is 17.7 Å². The molecule has 0 bridgehead atoms. The van der Waals surface area contributed by atoms with Crippen LogP contribution in [0.25, 0.3) is 0 Å². The molecular weight excluding hydrogens is 338 g/mol. The normalized spacial score (nSPS) is 10.8. The van der Waals surface area contributed by atoms with E-state index in [0.29, 0.717) is 24.5 Å². The molecule has 0 unspecified atom stereocenters. The Bertz CT molecular complexity index is 815. The van der Waals surface area contributed by atoms with Crippen LogP contribution >= 0.6 is 11.8 Å². The number of aromatic nitrogens is 6. The first-order valence-corrected chi connectivity index (χ1v) is 8.90. The average molecular weight is 357 g/mol. The first kappa shape index (κ1) is 17.2. The number of aryl methyl sites for hydroxylation is 3. The van der Waals surface area contributed by atoms with Crippen LogP contribution in [0, 0.1) is 0 Å². The highest BCUT2D eigenvalue weighted by molar-refractivity contribution is 7.99. The molecule has 2 heterocycles. The highest BCUT2D eigenvalue weighted by Gasteiger charge is 2.10. The number of benzene rings is 1. The second-order valence-electron chi connectivity index (χ2n) is 5.43. The maximum Gasteiger partial charge on any atom is 0.273 e. The van der Waals surface area contributed by atoms with E-state index < -0.39 is 0 Å². The van der Waals surface area contributed by atoms with Gasteiger partial charge in [-0.1, -0.05) is 47.3 Å². The van der Waals surface area contributed by atoms with Crippen molar-refractivity contribution < 1.29 is 4.79 Å². The molecule has 9 heteroatoms. The molecule has 0 aliphatic rings. The molecule has 8 nitrogen and oxygen atoms in total. The molecule has 3 rings (SSSR count). The van der Waals surface area contributed by atoms with Gasteiger partial charge in [-0.3, -0.25) is 9.48 Å². The van der Waals surface area contributed by atoms with Gasteiger partial charge in [0.25, 0.3) is 5.91 Å².